The highest BCUT2D eigenvalue weighted by atomic mass is 35.5. The van der Waals surface area contributed by atoms with Gasteiger partial charge in [-0.2, -0.15) is 5.10 Å². The lowest BCUT2D eigenvalue weighted by Gasteiger charge is -2.04. The number of thiophene rings is 1. The van der Waals surface area contributed by atoms with E-state index >= 15 is 0 Å². The lowest BCUT2D eigenvalue weighted by atomic mass is 10.2. The normalized spacial score (nSPS) is 10.7. The van der Waals surface area contributed by atoms with Gasteiger partial charge in [0.1, 0.15) is 5.15 Å². The summed E-state index contributed by atoms with van der Waals surface area (Å²) in [6.07, 6.45) is 0. The second kappa shape index (κ2) is 5.12. The van der Waals surface area contributed by atoms with Crippen LogP contribution in [-0.4, -0.2) is 15.7 Å². The summed E-state index contributed by atoms with van der Waals surface area (Å²) < 4.78 is 1.50. The molecule has 0 aliphatic carbocycles. The minimum atomic E-state index is -0.182. The Morgan fingerprint density at radius 2 is 2.28 bits per heavy atom. The molecule has 2 aromatic heterocycles. The summed E-state index contributed by atoms with van der Waals surface area (Å²) in [7, 11) is 1.72. The quantitative estimate of drug-likeness (QED) is 0.941. The van der Waals surface area contributed by atoms with E-state index in [0.29, 0.717) is 23.0 Å². The fraction of sp³-hybridized carbons (Fsp3) is 0.333. The van der Waals surface area contributed by atoms with Crippen molar-refractivity contribution in [3.8, 4) is 0 Å². The molecule has 96 valence electrons. The van der Waals surface area contributed by atoms with Crippen LogP contribution in [0.5, 0.6) is 0 Å². The van der Waals surface area contributed by atoms with Crippen LogP contribution in [0.3, 0.4) is 0 Å². The zero-order chi connectivity index (χ0) is 13.3. The van der Waals surface area contributed by atoms with E-state index in [1.165, 1.54) is 10.2 Å². The molecule has 18 heavy (non-hydrogen) atoms. The average molecular weight is 284 g/mol. The maximum Gasteiger partial charge on any atom is 0.256 e. The zero-order valence-electron chi connectivity index (χ0n) is 10.5. The van der Waals surface area contributed by atoms with E-state index in [0.717, 1.165) is 4.88 Å². The van der Waals surface area contributed by atoms with Crippen LogP contribution in [-0.2, 0) is 13.6 Å². The largest absolute Gasteiger partial charge is 0.347 e. The van der Waals surface area contributed by atoms with Crippen molar-refractivity contribution >= 4 is 28.8 Å². The first-order valence-corrected chi connectivity index (χ1v) is 6.76. The molecule has 2 rings (SSSR count). The predicted octanol–water partition coefficient (Wildman–Crippen LogP) is 2.68. The van der Waals surface area contributed by atoms with Crippen molar-refractivity contribution in [3.05, 3.63) is 38.3 Å². The van der Waals surface area contributed by atoms with E-state index in [2.05, 4.69) is 10.4 Å². The second-order valence-corrected chi connectivity index (χ2v) is 5.44. The van der Waals surface area contributed by atoms with E-state index in [1.54, 1.807) is 25.3 Å². The highest BCUT2D eigenvalue weighted by Crippen LogP contribution is 2.19. The Morgan fingerprint density at radius 1 is 1.56 bits per heavy atom. The fourth-order valence-corrected chi connectivity index (χ4v) is 2.83. The van der Waals surface area contributed by atoms with E-state index in [4.69, 9.17) is 11.6 Å². The minimum absolute atomic E-state index is 0.182. The molecule has 1 N–H and O–H groups in total. The lowest BCUT2D eigenvalue weighted by Crippen LogP contribution is -2.23. The Kier molecular flexibility index (Phi) is 3.73. The second-order valence-electron chi connectivity index (χ2n) is 4.08. The van der Waals surface area contributed by atoms with E-state index < -0.39 is 0 Å². The van der Waals surface area contributed by atoms with Gasteiger partial charge in [0.2, 0.25) is 0 Å². The third-order valence-corrected chi connectivity index (χ3v) is 4.21. The number of nitrogens with zero attached hydrogens (tertiary/aromatic N) is 2. The highest BCUT2D eigenvalue weighted by molar-refractivity contribution is 7.10. The smallest absolute Gasteiger partial charge is 0.256 e. The van der Waals surface area contributed by atoms with Crippen molar-refractivity contribution in [2.24, 2.45) is 7.05 Å². The molecule has 0 saturated carbocycles. The van der Waals surface area contributed by atoms with Gasteiger partial charge >= 0.3 is 0 Å². The number of hydrogen-bond acceptors (Lipinski definition) is 3. The van der Waals surface area contributed by atoms with Crippen molar-refractivity contribution in [2.45, 2.75) is 20.4 Å². The lowest BCUT2D eigenvalue weighted by molar-refractivity contribution is 0.0951. The van der Waals surface area contributed by atoms with Crippen molar-refractivity contribution in [1.29, 1.82) is 0 Å². The molecule has 0 spiro atoms. The van der Waals surface area contributed by atoms with Gasteiger partial charge < -0.3 is 5.32 Å². The van der Waals surface area contributed by atoms with Crippen LogP contribution in [0.25, 0.3) is 0 Å². The maximum atomic E-state index is 12.1. The molecule has 0 saturated heterocycles. The molecule has 4 nitrogen and oxygen atoms in total. The molecule has 1 amide bonds. The van der Waals surface area contributed by atoms with Gasteiger partial charge in [0.05, 0.1) is 17.8 Å². The van der Waals surface area contributed by atoms with Gasteiger partial charge in [0, 0.05) is 11.9 Å². The van der Waals surface area contributed by atoms with Crippen LogP contribution in [0.15, 0.2) is 11.4 Å². The molecule has 0 bridgehead atoms. The molecule has 0 aliphatic rings. The molecule has 2 aromatic rings. The van der Waals surface area contributed by atoms with Crippen molar-refractivity contribution in [3.63, 3.8) is 0 Å². The zero-order valence-corrected chi connectivity index (χ0v) is 12.0. The number of aromatic nitrogens is 2. The van der Waals surface area contributed by atoms with Crippen LogP contribution in [0.4, 0.5) is 0 Å². The average Bonchev–Trinajstić information content (AvgIpc) is 2.81. The summed E-state index contributed by atoms with van der Waals surface area (Å²) in [5, 5.41) is 9.37. The Balaban J connectivity index is 2.11. The van der Waals surface area contributed by atoms with Crippen LogP contribution in [0.2, 0.25) is 5.15 Å². The number of nitrogens with one attached hydrogen (secondary N) is 1. The molecule has 0 atom stereocenters. The van der Waals surface area contributed by atoms with Crippen LogP contribution in [0.1, 0.15) is 26.5 Å². The fourth-order valence-electron chi connectivity index (χ4n) is 1.72. The van der Waals surface area contributed by atoms with Crippen molar-refractivity contribution < 1.29 is 4.79 Å². The van der Waals surface area contributed by atoms with E-state index in [-0.39, 0.29) is 5.91 Å². The van der Waals surface area contributed by atoms with E-state index in [9.17, 15) is 4.79 Å². The summed E-state index contributed by atoms with van der Waals surface area (Å²) in [4.78, 5) is 13.2. The van der Waals surface area contributed by atoms with Crippen LogP contribution in [0, 0.1) is 13.8 Å². The van der Waals surface area contributed by atoms with Crippen molar-refractivity contribution in [1.82, 2.24) is 15.1 Å². The molecular weight excluding hydrogens is 270 g/mol. The summed E-state index contributed by atoms with van der Waals surface area (Å²) >= 11 is 7.67. The molecule has 0 aromatic carbocycles. The van der Waals surface area contributed by atoms with Crippen LogP contribution >= 0.6 is 22.9 Å². The van der Waals surface area contributed by atoms with Gasteiger partial charge in [-0.25, -0.2) is 0 Å². The number of rotatable bonds is 3. The van der Waals surface area contributed by atoms with Gasteiger partial charge in [-0.1, -0.05) is 11.6 Å². The van der Waals surface area contributed by atoms with Gasteiger partial charge in [-0.15, -0.1) is 11.3 Å². The number of hydrogen-bond donors (Lipinski definition) is 1. The number of carbonyl (C=O) groups is 1. The molecular formula is C12H14ClN3OS. The summed E-state index contributed by atoms with van der Waals surface area (Å²) in [5.74, 6) is -0.182. The van der Waals surface area contributed by atoms with Gasteiger partial charge in [-0.3, -0.25) is 9.48 Å². The number of amides is 1. The Morgan fingerprint density at radius 3 is 2.78 bits per heavy atom. The molecule has 0 radical (unpaired) electrons. The Bertz CT molecular complexity index is 588. The summed E-state index contributed by atoms with van der Waals surface area (Å²) in [6.45, 7) is 4.32. The van der Waals surface area contributed by atoms with Gasteiger partial charge in [0.25, 0.3) is 5.91 Å². The van der Waals surface area contributed by atoms with Crippen LogP contribution < -0.4 is 5.32 Å². The molecule has 6 heteroatoms. The monoisotopic (exact) mass is 283 g/mol. The third-order valence-electron chi connectivity index (χ3n) is 2.76. The molecule has 0 aliphatic heterocycles. The highest BCUT2D eigenvalue weighted by Gasteiger charge is 2.18. The number of halogens is 1. The first-order chi connectivity index (χ1) is 8.50. The molecule has 2 heterocycles. The molecule has 0 fully saturated rings. The van der Waals surface area contributed by atoms with Gasteiger partial charge in [-0.05, 0) is 30.9 Å². The SMILES string of the molecule is Cc1ccsc1CNC(=O)c1c(C)nn(C)c1Cl. The topological polar surface area (TPSA) is 46.9 Å². The van der Waals surface area contributed by atoms with Gasteiger partial charge in [0.15, 0.2) is 0 Å². The van der Waals surface area contributed by atoms with E-state index in [1.807, 2.05) is 18.4 Å². The Hall–Kier alpha value is -1.33. The maximum absolute atomic E-state index is 12.1. The summed E-state index contributed by atoms with van der Waals surface area (Å²) in [5.41, 5.74) is 2.28. The number of carbonyl (C=O) groups excluding carboxylic acids is 1. The standard InChI is InChI=1S/C12H14ClN3OS/c1-7-4-5-18-9(7)6-14-12(17)10-8(2)15-16(3)11(10)13/h4-5H,6H2,1-3H3,(H,14,17). The summed E-state index contributed by atoms with van der Waals surface area (Å²) in [6, 6.07) is 2.04. The number of aryl methyl sites for hydroxylation is 3. The first kappa shape index (κ1) is 13.1. The predicted molar refractivity (Wildman–Crippen MR) is 73.2 cm³/mol. The first-order valence-electron chi connectivity index (χ1n) is 5.51. The third kappa shape index (κ3) is 2.42. The van der Waals surface area contributed by atoms with Crippen molar-refractivity contribution in [2.75, 3.05) is 0 Å². The molecule has 0 unspecified atom stereocenters. The Labute approximate surface area is 115 Å². The minimum Gasteiger partial charge on any atom is -0.347 e.